The highest BCUT2D eigenvalue weighted by molar-refractivity contribution is 7.13. The van der Waals surface area contributed by atoms with Gasteiger partial charge in [-0.05, 0) is 23.3 Å². The number of benzene rings is 2. The summed E-state index contributed by atoms with van der Waals surface area (Å²) in [5.74, 6) is 0.527. The van der Waals surface area contributed by atoms with Gasteiger partial charge in [-0.3, -0.25) is 9.59 Å². The molecule has 6 nitrogen and oxygen atoms in total. The molecule has 2 amide bonds. The van der Waals surface area contributed by atoms with Crippen molar-refractivity contribution < 1.29 is 14.3 Å². The number of anilines is 1. The van der Waals surface area contributed by atoms with E-state index >= 15 is 0 Å². The van der Waals surface area contributed by atoms with Gasteiger partial charge >= 0.3 is 0 Å². The van der Waals surface area contributed by atoms with Crippen LogP contribution in [-0.2, 0) is 29.0 Å². The highest BCUT2D eigenvalue weighted by atomic mass is 32.1. The number of ether oxygens (including phenoxy) is 1. The summed E-state index contributed by atoms with van der Waals surface area (Å²) in [5, 5.41) is 7.92. The van der Waals surface area contributed by atoms with Crippen molar-refractivity contribution in [2.75, 3.05) is 12.4 Å². The highest BCUT2D eigenvalue weighted by Gasteiger charge is 2.10. The third-order valence-corrected chi connectivity index (χ3v) is 4.80. The van der Waals surface area contributed by atoms with Gasteiger partial charge in [0.1, 0.15) is 5.75 Å². The minimum Gasteiger partial charge on any atom is -0.497 e. The Morgan fingerprint density at radius 2 is 1.71 bits per heavy atom. The van der Waals surface area contributed by atoms with E-state index in [1.54, 1.807) is 12.5 Å². The maximum absolute atomic E-state index is 12.1. The molecule has 7 heteroatoms. The fraction of sp³-hybridized carbons (Fsp3) is 0.190. The van der Waals surface area contributed by atoms with Gasteiger partial charge in [0.2, 0.25) is 11.8 Å². The molecule has 2 N–H and O–H groups in total. The van der Waals surface area contributed by atoms with Gasteiger partial charge in [0, 0.05) is 11.9 Å². The molecule has 1 aromatic heterocycles. The Hall–Kier alpha value is -3.19. The fourth-order valence-corrected chi connectivity index (χ4v) is 3.29. The van der Waals surface area contributed by atoms with Gasteiger partial charge in [-0.1, -0.05) is 42.5 Å². The third kappa shape index (κ3) is 5.92. The minimum absolute atomic E-state index is 0.122. The van der Waals surface area contributed by atoms with Gasteiger partial charge in [-0.2, -0.15) is 0 Å². The Morgan fingerprint density at radius 3 is 2.43 bits per heavy atom. The van der Waals surface area contributed by atoms with Crippen LogP contribution < -0.4 is 15.4 Å². The van der Waals surface area contributed by atoms with E-state index in [0.717, 1.165) is 16.9 Å². The van der Waals surface area contributed by atoms with Crippen LogP contribution in [0.15, 0.2) is 60.0 Å². The minimum atomic E-state index is -0.129. The van der Waals surface area contributed by atoms with Gasteiger partial charge in [-0.25, -0.2) is 4.98 Å². The number of nitrogens with zero attached hydrogens (tertiary/aromatic N) is 1. The van der Waals surface area contributed by atoms with E-state index in [-0.39, 0.29) is 24.7 Å². The van der Waals surface area contributed by atoms with Crippen LogP contribution in [0.1, 0.15) is 16.8 Å². The topological polar surface area (TPSA) is 80.3 Å². The summed E-state index contributed by atoms with van der Waals surface area (Å²) in [4.78, 5) is 28.5. The number of amides is 2. The number of carbonyl (C=O) groups is 2. The van der Waals surface area contributed by atoms with E-state index in [2.05, 4.69) is 15.6 Å². The number of carbonyl (C=O) groups excluding carboxylic acids is 2. The van der Waals surface area contributed by atoms with Gasteiger partial charge in [0.15, 0.2) is 5.13 Å². The average molecular weight is 395 g/mol. The second kappa shape index (κ2) is 9.66. The van der Waals surface area contributed by atoms with E-state index < -0.39 is 0 Å². The predicted octanol–water partition coefficient (Wildman–Crippen LogP) is 3.19. The van der Waals surface area contributed by atoms with Crippen molar-refractivity contribution >= 4 is 28.3 Å². The Balaban J connectivity index is 1.45. The normalized spacial score (nSPS) is 10.3. The molecule has 0 aliphatic heterocycles. The second-order valence-corrected chi connectivity index (χ2v) is 7.01. The largest absolute Gasteiger partial charge is 0.497 e. The number of hydrogen-bond donors (Lipinski definition) is 2. The van der Waals surface area contributed by atoms with Crippen molar-refractivity contribution in [3.63, 3.8) is 0 Å². The quantitative estimate of drug-likeness (QED) is 0.614. The van der Waals surface area contributed by atoms with Gasteiger partial charge < -0.3 is 15.4 Å². The highest BCUT2D eigenvalue weighted by Crippen LogP contribution is 2.16. The summed E-state index contributed by atoms with van der Waals surface area (Å²) in [5.41, 5.74) is 2.56. The molecule has 0 radical (unpaired) electrons. The molecular formula is C21H21N3O3S. The van der Waals surface area contributed by atoms with Gasteiger partial charge in [0.25, 0.3) is 0 Å². The maximum Gasteiger partial charge on any atom is 0.230 e. The van der Waals surface area contributed by atoms with Crippen molar-refractivity contribution in [2.24, 2.45) is 0 Å². The summed E-state index contributed by atoms with van der Waals surface area (Å²) in [6.07, 6.45) is 0.458. The summed E-state index contributed by atoms with van der Waals surface area (Å²) >= 11 is 1.31. The lowest BCUT2D eigenvalue weighted by atomic mass is 10.1. The molecule has 0 aliphatic carbocycles. The molecule has 0 spiro atoms. The fourth-order valence-electron chi connectivity index (χ4n) is 2.56. The number of methoxy groups -OCH3 is 1. The average Bonchev–Trinajstić information content (AvgIpc) is 3.14. The van der Waals surface area contributed by atoms with Crippen LogP contribution in [0.5, 0.6) is 5.75 Å². The Labute approximate surface area is 167 Å². The first kappa shape index (κ1) is 19.6. The predicted molar refractivity (Wildman–Crippen MR) is 109 cm³/mol. The first-order valence-corrected chi connectivity index (χ1v) is 9.68. The summed E-state index contributed by atoms with van der Waals surface area (Å²) < 4.78 is 5.11. The molecule has 144 valence electrons. The standard InChI is InChI=1S/C21H21N3O3S/c1-27-18-9-7-16(8-10-18)13-22-19(25)12-17-14-28-21(23-17)24-20(26)11-15-5-3-2-4-6-15/h2-10,14H,11-13H2,1H3,(H,22,25)(H,23,24,26). The number of nitrogens with one attached hydrogen (secondary N) is 2. The molecule has 3 aromatic rings. The van der Waals surface area contributed by atoms with Gasteiger partial charge in [-0.15, -0.1) is 11.3 Å². The van der Waals surface area contributed by atoms with Crippen LogP contribution in [-0.4, -0.2) is 23.9 Å². The van der Waals surface area contributed by atoms with Crippen molar-refractivity contribution in [2.45, 2.75) is 19.4 Å². The molecular weight excluding hydrogens is 374 g/mol. The molecule has 0 aliphatic rings. The zero-order valence-corrected chi connectivity index (χ0v) is 16.3. The number of hydrogen-bond acceptors (Lipinski definition) is 5. The third-order valence-electron chi connectivity index (χ3n) is 4.00. The maximum atomic E-state index is 12.1. The SMILES string of the molecule is COc1ccc(CNC(=O)Cc2csc(NC(=O)Cc3ccccc3)n2)cc1. The monoisotopic (exact) mass is 395 g/mol. The molecule has 0 unspecified atom stereocenters. The molecule has 0 fully saturated rings. The van der Waals surface area contributed by atoms with Gasteiger partial charge in [0.05, 0.1) is 25.6 Å². The molecule has 2 aromatic carbocycles. The van der Waals surface area contributed by atoms with E-state index in [0.29, 0.717) is 17.4 Å². The van der Waals surface area contributed by atoms with E-state index in [9.17, 15) is 9.59 Å². The zero-order valence-electron chi connectivity index (χ0n) is 15.5. The second-order valence-electron chi connectivity index (χ2n) is 6.16. The Kier molecular flexibility index (Phi) is 6.75. The van der Waals surface area contributed by atoms with Crippen LogP contribution in [0.2, 0.25) is 0 Å². The summed E-state index contributed by atoms with van der Waals surface area (Å²) in [6, 6.07) is 17.0. The van der Waals surface area contributed by atoms with Crippen molar-refractivity contribution in [1.29, 1.82) is 0 Å². The zero-order chi connectivity index (χ0) is 19.8. The molecule has 1 heterocycles. The first-order valence-electron chi connectivity index (χ1n) is 8.80. The number of thiazole rings is 1. The Morgan fingerprint density at radius 1 is 0.964 bits per heavy atom. The van der Waals surface area contributed by atoms with Crippen molar-refractivity contribution in [1.82, 2.24) is 10.3 Å². The summed E-state index contributed by atoms with van der Waals surface area (Å²) in [6.45, 7) is 0.438. The molecule has 3 rings (SSSR count). The van der Waals surface area contributed by atoms with Crippen LogP contribution in [0.25, 0.3) is 0 Å². The van der Waals surface area contributed by atoms with Crippen LogP contribution >= 0.6 is 11.3 Å². The van der Waals surface area contributed by atoms with Crippen molar-refractivity contribution in [3.05, 3.63) is 76.8 Å². The molecule has 0 atom stereocenters. The van der Waals surface area contributed by atoms with Crippen LogP contribution in [0.3, 0.4) is 0 Å². The first-order chi connectivity index (χ1) is 13.6. The smallest absolute Gasteiger partial charge is 0.230 e. The van der Waals surface area contributed by atoms with Crippen LogP contribution in [0.4, 0.5) is 5.13 Å². The van der Waals surface area contributed by atoms with Crippen LogP contribution in [0, 0.1) is 0 Å². The molecule has 0 saturated heterocycles. The van der Waals surface area contributed by atoms with E-state index in [1.807, 2.05) is 54.6 Å². The molecule has 28 heavy (non-hydrogen) atoms. The van der Waals surface area contributed by atoms with E-state index in [1.165, 1.54) is 11.3 Å². The van der Waals surface area contributed by atoms with E-state index in [4.69, 9.17) is 4.74 Å². The Bertz CT molecular complexity index is 924. The number of aromatic nitrogens is 1. The van der Waals surface area contributed by atoms with Crippen molar-refractivity contribution in [3.8, 4) is 5.75 Å². The number of rotatable bonds is 8. The lowest BCUT2D eigenvalue weighted by Gasteiger charge is -2.05. The summed E-state index contributed by atoms with van der Waals surface area (Å²) in [7, 11) is 1.61. The molecule has 0 bridgehead atoms. The lowest BCUT2D eigenvalue weighted by molar-refractivity contribution is -0.120. The molecule has 0 saturated carbocycles. The lowest BCUT2D eigenvalue weighted by Crippen LogP contribution is -2.24.